The van der Waals surface area contributed by atoms with Crippen molar-refractivity contribution in [3.05, 3.63) is 41.5 Å². The van der Waals surface area contributed by atoms with Crippen molar-refractivity contribution in [2.75, 3.05) is 18.2 Å². The van der Waals surface area contributed by atoms with Crippen LogP contribution < -0.4 is 5.32 Å². The van der Waals surface area contributed by atoms with E-state index in [1.807, 2.05) is 23.8 Å². The molecule has 2 N–H and O–H groups in total. The molecule has 8 heteroatoms. The van der Waals surface area contributed by atoms with Gasteiger partial charge in [0.2, 0.25) is 0 Å². The number of nitrogens with one attached hydrogen (secondary N) is 1. The van der Waals surface area contributed by atoms with Gasteiger partial charge in [0.15, 0.2) is 10.9 Å². The largest absolute Gasteiger partial charge is 0.445 e. The van der Waals surface area contributed by atoms with Crippen molar-refractivity contribution in [1.29, 1.82) is 0 Å². The molecule has 0 saturated carbocycles. The summed E-state index contributed by atoms with van der Waals surface area (Å²) in [6, 6.07) is 9.07. The third kappa shape index (κ3) is 3.49. The summed E-state index contributed by atoms with van der Waals surface area (Å²) < 4.78 is 6.99. The number of hydrogen-bond donors (Lipinski definition) is 2. The summed E-state index contributed by atoms with van der Waals surface area (Å²) in [5.41, 5.74) is 0.757. The smallest absolute Gasteiger partial charge is 0.292 e. The summed E-state index contributed by atoms with van der Waals surface area (Å²) in [7, 11) is 0. The third-order valence-electron chi connectivity index (χ3n) is 3.11. The van der Waals surface area contributed by atoms with E-state index in [0.29, 0.717) is 17.5 Å². The molecule has 3 heterocycles. The summed E-state index contributed by atoms with van der Waals surface area (Å²) in [4.78, 5) is 13.3. The fraction of sp³-hybridized carbons (Fsp3) is 0.200. The molecule has 0 bridgehead atoms. The zero-order valence-corrected chi connectivity index (χ0v) is 14.0. The Morgan fingerprint density at radius 2 is 2.35 bits per heavy atom. The third-order valence-corrected chi connectivity index (χ3v) is 4.63. The van der Waals surface area contributed by atoms with Crippen LogP contribution in [0.4, 0.5) is 5.82 Å². The van der Waals surface area contributed by atoms with E-state index in [1.54, 1.807) is 34.2 Å². The van der Waals surface area contributed by atoms with Crippen molar-refractivity contribution < 1.29 is 14.3 Å². The van der Waals surface area contributed by atoms with Gasteiger partial charge < -0.3 is 14.8 Å². The van der Waals surface area contributed by atoms with Crippen molar-refractivity contribution >= 4 is 34.8 Å². The van der Waals surface area contributed by atoms with Crippen LogP contribution in [0.5, 0.6) is 0 Å². The number of amides is 1. The van der Waals surface area contributed by atoms with E-state index in [1.165, 1.54) is 11.8 Å². The molecule has 1 amide bonds. The maximum Gasteiger partial charge on any atom is 0.292 e. The number of thiophene rings is 1. The normalized spacial score (nSPS) is 10.9. The molecule has 0 unspecified atom stereocenters. The van der Waals surface area contributed by atoms with Crippen molar-refractivity contribution in [2.24, 2.45) is 0 Å². The second-order valence-electron chi connectivity index (χ2n) is 4.62. The van der Waals surface area contributed by atoms with Gasteiger partial charge in [-0.3, -0.25) is 4.79 Å². The summed E-state index contributed by atoms with van der Waals surface area (Å²) in [5, 5.41) is 19.0. The molecule has 120 valence electrons. The van der Waals surface area contributed by atoms with Gasteiger partial charge in [0.1, 0.15) is 11.5 Å². The number of aliphatic hydroxyl groups excluding tert-OH is 1. The number of aromatic nitrogens is 2. The van der Waals surface area contributed by atoms with Crippen LogP contribution in [0.2, 0.25) is 0 Å². The van der Waals surface area contributed by atoms with E-state index < -0.39 is 0 Å². The lowest BCUT2D eigenvalue weighted by Crippen LogP contribution is -2.16. The Hall–Kier alpha value is -2.03. The number of thioether (sulfide) groups is 1. The van der Waals surface area contributed by atoms with Crippen LogP contribution in [-0.4, -0.2) is 33.7 Å². The zero-order chi connectivity index (χ0) is 16.2. The molecule has 0 saturated heterocycles. The van der Waals surface area contributed by atoms with Gasteiger partial charge in [0, 0.05) is 6.07 Å². The minimum Gasteiger partial charge on any atom is -0.445 e. The number of anilines is 1. The van der Waals surface area contributed by atoms with Crippen LogP contribution in [0.15, 0.2) is 45.2 Å². The molecule has 0 atom stereocenters. The number of carbonyl (C=O) groups is 1. The maximum absolute atomic E-state index is 12.3. The standard InChI is InChI=1S/C15H15N3O3S2/c1-22-14-5-4-11(21-14)15(20)16-13-9-10(12-3-2-8-23-12)17-18(13)6-7-19/h2-5,8-9,19H,6-7H2,1H3,(H,16,20). The van der Waals surface area contributed by atoms with Crippen LogP contribution in [0.3, 0.4) is 0 Å². The van der Waals surface area contributed by atoms with Crippen LogP contribution in [0, 0.1) is 0 Å². The highest BCUT2D eigenvalue weighted by Crippen LogP contribution is 2.26. The van der Waals surface area contributed by atoms with Crippen molar-refractivity contribution in [2.45, 2.75) is 11.6 Å². The second-order valence-corrected chi connectivity index (χ2v) is 6.37. The number of aliphatic hydroxyl groups is 1. The van der Waals surface area contributed by atoms with Gasteiger partial charge in [-0.25, -0.2) is 4.68 Å². The van der Waals surface area contributed by atoms with Gasteiger partial charge in [-0.15, -0.1) is 11.3 Å². The molecule has 3 aromatic rings. The Labute approximate surface area is 141 Å². The molecular weight excluding hydrogens is 334 g/mol. The SMILES string of the molecule is CSc1ccc(C(=O)Nc2cc(-c3cccs3)nn2CCO)o1. The highest BCUT2D eigenvalue weighted by molar-refractivity contribution is 7.98. The van der Waals surface area contributed by atoms with Crippen LogP contribution >= 0.6 is 23.1 Å². The Balaban J connectivity index is 1.84. The van der Waals surface area contributed by atoms with Crippen molar-refractivity contribution in [3.63, 3.8) is 0 Å². The van der Waals surface area contributed by atoms with Crippen LogP contribution in [0.1, 0.15) is 10.6 Å². The number of nitrogens with zero attached hydrogens (tertiary/aromatic N) is 2. The molecule has 3 rings (SSSR count). The maximum atomic E-state index is 12.3. The quantitative estimate of drug-likeness (QED) is 0.668. The minimum atomic E-state index is -0.345. The van der Waals surface area contributed by atoms with Gasteiger partial charge >= 0.3 is 0 Å². The molecule has 0 aromatic carbocycles. The molecule has 0 spiro atoms. The summed E-state index contributed by atoms with van der Waals surface area (Å²) in [6.45, 7) is 0.237. The predicted molar refractivity (Wildman–Crippen MR) is 91.1 cm³/mol. The molecular formula is C15H15N3O3S2. The van der Waals surface area contributed by atoms with E-state index in [-0.39, 0.29) is 18.3 Å². The van der Waals surface area contributed by atoms with Crippen LogP contribution in [-0.2, 0) is 6.54 Å². The van der Waals surface area contributed by atoms with E-state index in [4.69, 9.17) is 4.42 Å². The second kappa shape index (κ2) is 7.03. The molecule has 0 fully saturated rings. The first-order valence-electron chi connectivity index (χ1n) is 6.89. The number of hydrogen-bond acceptors (Lipinski definition) is 6. The van der Waals surface area contributed by atoms with E-state index in [0.717, 1.165) is 10.6 Å². The highest BCUT2D eigenvalue weighted by atomic mass is 32.2. The summed E-state index contributed by atoms with van der Waals surface area (Å²) in [5.74, 6) is 0.417. The first-order valence-corrected chi connectivity index (χ1v) is 8.99. The van der Waals surface area contributed by atoms with E-state index in [2.05, 4.69) is 10.4 Å². The van der Waals surface area contributed by atoms with Crippen molar-refractivity contribution in [1.82, 2.24) is 9.78 Å². The Morgan fingerprint density at radius 3 is 3.00 bits per heavy atom. The lowest BCUT2D eigenvalue weighted by Gasteiger charge is -2.06. The molecule has 0 radical (unpaired) electrons. The predicted octanol–water partition coefficient (Wildman–Crippen LogP) is 3.17. The van der Waals surface area contributed by atoms with Gasteiger partial charge in [-0.1, -0.05) is 17.8 Å². The van der Waals surface area contributed by atoms with Gasteiger partial charge in [-0.05, 0) is 29.8 Å². The highest BCUT2D eigenvalue weighted by Gasteiger charge is 2.16. The van der Waals surface area contributed by atoms with E-state index in [9.17, 15) is 9.90 Å². The fourth-order valence-corrected chi connectivity index (χ4v) is 3.12. The van der Waals surface area contributed by atoms with Crippen molar-refractivity contribution in [3.8, 4) is 10.6 Å². The minimum absolute atomic E-state index is 0.0637. The fourth-order valence-electron chi connectivity index (χ4n) is 2.06. The van der Waals surface area contributed by atoms with Gasteiger partial charge in [0.25, 0.3) is 5.91 Å². The number of carbonyl (C=O) groups excluding carboxylic acids is 1. The Kier molecular flexibility index (Phi) is 4.85. The Bertz CT molecular complexity index is 793. The average molecular weight is 349 g/mol. The monoisotopic (exact) mass is 349 g/mol. The summed E-state index contributed by atoms with van der Waals surface area (Å²) in [6.07, 6.45) is 1.88. The molecule has 23 heavy (non-hydrogen) atoms. The van der Waals surface area contributed by atoms with Crippen LogP contribution in [0.25, 0.3) is 10.6 Å². The molecule has 6 nitrogen and oxygen atoms in total. The Morgan fingerprint density at radius 1 is 1.48 bits per heavy atom. The average Bonchev–Trinajstić information content (AvgIpc) is 3.28. The molecule has 3 aromatic heterocycles. The van der Waals surface area contributed by atoms with Gasteiger partial charge in [-0.2, -0.15) is 5.10 Å². The molecule has 0 aliphatic heterocycles. The van der Waals surface area contributed by atoms with Gasteiger partial charge in [0.05, 0.1) is 18.0 Å². The zero-order valence-electron chi connectivity index (χ0n) is 12.4. The van der Waals surface area contributed by atoms with E-state index >= 15 is 0 Å². The topological polar surface area (TPSA) is 80.3 Å². The summed E-state index contributed by atoms with van der Waals surface area (Å²) >= 11 is 3.00. The first-order chi connectivity index (χ1) is 11.2. The molecule has 0 aliphatic rings. The first kappa shape index (κ1) is 15.9. The molecule has 0 aliphatic carbocycles. The lowest BCUT2D eigenvalue weighted by atomic mass is 10.3. The lowest BCUT2D eigenvalue weighted by molar-refractivity contribution is 0.0990. The number of furan rings is 1. The number of rotatable bonds is 6.